The van der Waals surface area contributed by atoms with E-state index in [2.05, 4.69) is 23.9 Å². The van der Waals surface area contributed by atoms with Gasteiger partial charge in [0.25, 0.3) is 0 Å². The zero-order valence-corrected chi connectivity index (χ0v) is 11.8. The molecule has 0 aromatic heterocycles. The van der Waals surface area contributed by atoms with Crippen molar-refractivity contribution in [2.45, 2.75) is 32.7 Å². The third kappa shape index (κ3) is 4.91. The Kier molecular flexibility index (Phi) is 5.37. The molecule has 1 aliphatic heterocycles. The lowest BCUT2D eigenvalue weighted by Crippen LogP contribution is -2.54. The van der Waals surface area contributed by atoms with Crippen molar-refractivity contribution < 1.29 is 13.2 Å². The summed E-state index contributed by atoms with van der Waals surface area (Å²) < 4.78 is 31.4. The Morgan fingerprint density at radius 2 is 2.18 bits per heavy atom. The van der Waals surface area contributed by atoms with Gasteiger partial charge in [-0.15, -0.1) is 0 Å². The highest BCUT2D eigenvalue weighted by Gasteiger charge is 2.34. The first kappa shape index (κ1) is 14.9. The Morgan fingerprint density at radius 3 is 2.76 bits per heavy atom. The summed E-state index contributed by atoms with van der Waals surface area (Å²) >= 11 is 0. The zero-order valence-electron chi connectivity index (χ0n) is 11.0. The van der Waals surface area contributed by atoms with Crippen LogP contribution in [0.15, 0.2) is 0 Å². The Bertz CT molecular complexity index is 328. The second kappa shape index (κ2) is 6.13. The predicted octanol–water partition coefficient (Wildman–Crippen LogP) is 0.330. The number of sulfonamides is 1. The molecule has 0 radical (unpaired) electrons. The molecule has 17 heavy (non-hydrogen) atoms. The summed E-state index contributed by atoms with van der Waals surface area (Å²) in [7, 11) is -1.60. The van der Waals surface area contributed by atoms with E-state index in [0.29, 0.717) is 13.0 Å². The van der Waals surface area contributed by atoms with Crippen LogP contribution in [0.1, 0.15) is 26.7 Å². The molecule has 1 aliphatic rings. The summed E-state index contributed by atoms with van der Waals surface area (Å²) in [5.41, 5.74) is -0.0351. The van der Waals surface area contributed by atoms with Gasteiger partial charge in [0.05, 0.1) is 5.75 Å². The van der Waals surface area contributed by atoms with Crippen molar-refractivity contribution >= 4 is 10.0 Å². The van der Waals surface area contributed by atoms with Crippen molar-refractivity contribution in [3.8, 4) is 0 Å². The maximum Gasteiger partial charge on any atom is 0.211 e. The fourth-order valence-corrected chi connectivity index (χ4v) is 3.54. The molecule has 6 heteroatoms. The van der Waals surface area contributed by atoms with Crippen LogP contribution in [0.2, 0.25) is 0 Å². The predicted molar refractivity (Wildman–Crippen MR) is 68.5 cm³/mol. The summed E-state index contributed by atoms with van der Waals surface area (Å²) in [6.07, 6.45) is 1.38. The van der Waals surface area contributed by atoms with Crippen LogP contribution in [0.3, 0.4) is 0 Å². The summed E-state index contributed by atoms with van der Waals surface area (Å²) in [4.78, 5) is 0. The van der Waals surface area contributed by atoms with Crippen molar-refractivity contribution in [3.63, 3.8) is 0 Å². The van der Waals surface area contributed by atoms with Gasteiger partial charge in [-0.3, -0.25) is 0 Å². The average Bonchev–Trinajstić information content (AvgIpc) is 2.21. The molecule has 1 saturated heterocycles. The van der Waals surface area contributed by atoms with Gasteiger partial charge in [0, 0.05) is 26.3 Å². The van der Waals surface area contributed by atoms with Gasteiger partial charge in [0.15, 0.2) is 0 Å². The van der Waals surface area contributed by atoms with Crippen LogP contribution in [0.5, 0.6) is 0 Å². The molecule has 1 unspecified atom stereocenters. The van der Waals surface area contributed by atoms with Crippen LogP contribution in [0, 0.1) is 5.41 Å². The van der Waals surface area contributed by atoms with Crippen molar-refractivity contribution in [1.29, 1.82) is 0 Å². The van der Waals surface area contributed by atoms with Gasteiger partial charge < -0.3 is 10.1 Å². The van der Waals surface area contributed by atoms with Crippen molar-refractivity contribution in [1.82, 2.24) is 10.0 Å². The number of hydrogen-bond acceptors (Lipinski definition) is 4. The quantitative estimate of drug-likeness (QED) is 0.679. The van der Waals surface area contributed by atoms with Crippen molar-refractivity contribution in [2.75, 3.05) is 32.6 Å². The maximum absolute atomic E-state index is 11.9. The van der Waals surface area contributed by atoms with Gasteiger partial charge in [-0.05, 0) is 24.8 Å². The molecule has 0 aromatic carbocycles. The van der Waals surface area contributed by atoms with Crippen molar-refractivity contribution in [2.24, 2.45) is 5.41 Å². The Morgan fingerprint density at radius 1 is 1.47 bits per heavy atom. The Balaban J connectivity index is 2.51. The van der Waals surface area contributed by atoms with E-state index >= 15 is 0 Å². The van der Waals surface area contributed by atoms with E-state index in [-0.39, 0.29) is 17.2 Å². The first-order valence-electron chi connectivity index (χ1n) is 6.07. The second-order valence-electron chi connectivity index (χ2n) is 5.29. The summed E-state index contributed by atoms with van der Waals surface area (Å²) in [5.74, 6) is 0.140. The summed E-state index contributed by atoms with van der Waals surface area (Å²) in [6, 6.07) is 0.0243. The number of nitrogens with one attached hydrogen (secondary N) is 2. The van der Waals surface area contributed by atoms with Gasteiger partial charge in [0.1, 0.15) is 0 Å². The number of ether oxygens (including phenoxy) is 1. The molecule has 5 nitrogen and oxygen atoms in total. The molecule has 0 aromatic rings. The molecule has 102 valence electrons. The highest BCUT2D eigenvalue weighted by atomic mass is 32.2. The number of hydrogen-bond donors (Lipinski definition) is 2. The largest absolute Gasteiger partial charge is 0.385 e. The first-order valence-corrected chi connectivity index (χ1v) is 7.72. The minimum atomic E-state index is -3.18. The Hall–Kier alpha value is -0.170. The van der Waals surface area contributed by atoms with Crippen LogP contribution in [-0.2, 0) is 14.8 Å². The minimum absolute atomic E-state index is 0.0243. The molecular weight excluding hydrogens is 240 g/mol. The standard InChI is InChI=1S/C11H24N2O3S/c1-11(2)9-12-6-5-10(11)13-17(14,15)8-4-7-16-3/h10,12-13H,4-9H2,1-3H3. The van der Waals surface area contributed by atoms with E-state index in [1.807, 2.05) is 0 Å². The Labute approximate surface area is 104 Å². The molecule has 1 fully saturated rings. The smallest absolute Gasteiger partial charge is 0.211 e. The fourth-order valence-electron chi connectivity index (χ4n) is 2.06. The fraction of sp³-hybridized carbons (Fsp3) is 1.00. The second-order valence-corrected chi connectivity index (χ2v) is 7.16. The highest BCUT2D eigenvalue weighted by Crippen LogP contribution is 2.25. The topological polar surface area (TPSA) is 67.4 Å². The van der Waals surface area contributed by atoms with Crippen LogP contribution in [-0.4, -0.2) is 47.0 Å². The molecule has 1 heterocycles. The lowest BCUT2D eigenvalue weighted by molar-refractivity contribution is 0.197. The van der Waals surface area contributed by atoms with Gasteiger partial charge in [-0.2, -0.15) is 0 Å². The van der Waals surface area contributed by atoms with Gasteiger partial charge in [0.2, 0.25) is 10.0 Å². The van der Waals surface area contributed by atoms with Gasteiger partial charge >= 0.3 is 0 Å². The molecule has 0 amide bonds. The first-order chi connectivity index (χ1) is 7.87. The van der Waals surface area contributed by atoms with Crippen LogP contribution in [0.4, 0.5) is 0 Å². The third-order valence-electron chi connectivity index (χ3n) is 3.22. The SMILES string of the molecule is COCCCS(=O)(=O)NC1CCNCC1(C)C. The monoisotopic (exact) mass is 264 g/mol. The van der Waals surface area contributed by atoms with E-state index in [1.165, 1.54) is 0 Å². The molecule has 0 saturated carbocycles. The van der Waals surface area contributed by atoms with E-state index in [4.69, 9.17) is 4.74 Å². The van der Waals surface area contributed by atoms with Crippen molar-refractivity contribution in [3.05, 3.63) is 0 Å². The zero-order chi connectivity index (χ0) is 12.9. The normalized spacial score (nSPS) is 24.8. The summed E-state index contributed by atoms with van der Waals surface area (Å²) in [5, 5.41) is 3.29. The number of rotatable bonds is 6. The lowest BCUT2D eigenvalue weighted by atomic mass is 9.81. The maximum atomic E-state index is 11.9. The van der Waals surface area contributed by atoms with Crippen LogP contribution in [0.25, 0.3) is 0 Å². The van der Waals surface area contributed by atoms with E-state index in [9.17, 15) is 8.42 Å². The lowest BCUT2D eigenvalue weighted by Gasteiger charge is -2.39. The number of piperidine rings is 1. The highest BCUT2D eigenvalue weighted by molar-refractivity contribution is 7.89. The molecular formula is C11H24N2O3S. The molecule has 2 N–H and O–H groups in total. The van der Waals surface area contributed by atoms with E-state index in [0.717, 1.165) is 19.5 Å². The van der Waals surface area contributed by atoms with Gasteiger partial charge in [-0.1, -0.05) is 13.8 Å². The molecule has 1 rings (SSSR count). The molecule has 0 bridgehead atoms. The molecule has 0 spiro atoms. The third-order valence-corrected chi connectivity index (χ3v) is 4.69. The minimum Gasteiger partial charge on any atom is -0.385 e. The molecule has 0 aliphatic carbocycles. The number of methoxy groups -OCH3 is 1. The van der Waals surface area contributed by atoms with E-state index < -0.39 is 10.0 Å². The summed E-state index contributed by atoms with van der Waals surface area (Å²) in [6.45, 7) is 6.37. The molecule has 1 atom stereocenters. The van der Waals surface area contributed by atoms with Crippen LogP contribution >= 0.6 is 0 Å². The average molecular weight is 264 g/mol. The van der Waals surface area contributed by atoms with E-state index in [1.54, 1.807) is 7.11 Å². The van der Waals surface area contributed by atoms with Gasteiger partial charge in [-0.25, -0.2) is 13.1 Å². The van der Waals surface area contributed by atoms with Crippen LogP contribution < -0.4 is 10.0 Å².